The van der Waals surface area contributed by atoms with Crippen LogP contribution >= 0.6 is 0 Å². The number of nitrogens with zero attached hydrogens (tertiary/aromatic N) is 2. The van der Waals surface area contributed by atoms with Gasteiger partial charge in [0.25, 0.3) is 0 Å². The first-order valence-corrected chi connectivity index (χ1v) is 5.22. The molecular weight excluding hydrogens is 251 g/mol. The van der Waals surface area contributed by atoms with E-state index in [2.05, 4.69) is 10.3 Å². The van der Waals surface area contributed by atoms with Gasteiger partial charge >= 0.3 is 11.9 Å². The average molecular weight is 261 g/mol. The molecule has 1 saturated carbocycles. The lowest BCUT2D eigenvalue weighted by atomic mass is 10.2. The molecule has 0 bridgehead atoms. The number of pyridine rings is 1. The highest BCUT2D eigenvalue weighted by atomic mass is 19.4. The lowest BCUT2D eigenvalue weighted by Crippen LogP contribution is -2.39. The third-order valence-electron chi connectivity index (χ3n) is 2.86. The Hall–Kier alpha value is -1.86. The molecule has 1 aromatic rings. The van der Waals surface area contributed by atoms with E-state index in [4.69, 9.17) is 0 Å². The molecule has 0 amide bonds. The number of alkyl halides is 3. The molecule has 1 aliphatic carbocycles. The number of anilines is 1. The van der Waals surface area contributed by atoms with E-state index < -0.39 is 22.3 Å². The summed E-state index contributed by atoms with van der Waals surface area (Å²) in [7, 11) is 0. The molecule has 0 aliphatic heterocycles. The van der Waals surface area contributed by atoms with Gasteiger partial charge in [-0.1, -0.05) is 0 Å². The number of hydrogen-bond donors (Lipinski definition) is 1. The summed E-state index contributed by atoms with van der Waals surface area (Å²) >= 11 is 0. The Kier molecular flexibility index (Phi) is 2.67. The first-order valence-electron chi connectivity index (χ1n) is 5.22. The fraction of sp³-hybridized carbons (Fsp3) is 0.500. The Balaban J connectivity index is 2.35. The molecule has 0 unspecified atom stereocenters. The highest BCUT2D eigenvalue weighted by Gasteiger charge is 2.64. The molecule has 1 N–H and O–H groups in total. The minimum Gasteiger partial charge on any atom is -0.350 e. The number of aromatic nitrogens is 1. The number of halogens is 3. The second kappa shape index (κ2) is 3.82. The van der Waals surface area contributed by atoms with Crippen molar-refractivity contribution in [2.75, 3.05) is 5.32 Å². The van der Waals surface area contributed by atoms with Gasteiger partial charge in [-0.05, 0) is 25.8 Å². The van der Waals surface area contributed by atoms with Gasteiger partial charge in [-0.3, -0.25) is 10.1 Å². The van der Waals surface area contributed by atoms with Gasteiger partial charge in [0.1, 0.15) is 5.54 Å². The number of nitro groups is 1. The molecule has 2 rings (SSSR count). The van der Waals surface area contributed by atoms with Crippen LogP contribution in [0.3, 0.4) is 0 Å². The van der Waals surface area contributed by atoms with Gasteiger partial charge in [-0.2, -0.15) is 13.2 Å². The van der Waals surface area contributed by atoms with Crippen LogP contribution in [0.2, 0.25) is 0 Å². The van der Waals surface area contributed by atoms with E-state index >= 15 is 0 Å². The first-order chi connectivity index (χ1) is 8.25. The molecule has 0 atom stereocenters. The number of rotatable bonds is 3. The zero-order valence-electron chi connectivity index (χ0n) is 9.41. The molecule has 1 heterocycles. The van der Waals surface area contributed by atoms with Crippen molar-refractivity contribution < 1.29 is 18.1 Å². The van der Waals surface area contributed by atoms with Crippen molar-refractivity contribution in [3.05, 3.63) is 27.9 Å². The minimum atomic E-state index is -4.44. The molecule has 0 radical (unpaired) electrons. The van der Waals surface area contributed by atoms with Gasteiger partial charge in [0.2, 0.25) is 5.82 Å². The Morgan fingerprint density at radius 1 is 1.44 bits per heavy atom. The summed E-state index contributed by atoms with van der Waals surface area (Å²) in [5.41, 5.74) is -2.09. The largest absolute Gasteiger partial charge is 0.411 e. The predicted molar refractivity (Wildman–Crippen MR) is 57.3 cm³/mol. The van der Waals surface area contributed by atoms with Crippen LogP contribution in [0.15, 0.2) is 12.1 Å². The smallest absolute Gasteiger partial charge is 0.350 e. The molecule has 1 aliphatic rings. The van der Waals surface area contributed by atoms with Gasteiger partial charge in [0, 0.05) is 11.8 Å². The second-order valence-electron chi connectivity index (χ2n) is 4.28. The maximum atomic E-state index is 12.8. The van der Waals surface area contributed by atoms with Crippen molar-refractivity contribution >= 4 is 11.5 Å². The van der Waals surface area contributed by atoms with Crippen molar-refractivity contribution in [1.29, 1.82) is 0 Å². The van der Waals surface area contributed by atoms with Crippen molar-refractivity contribution in [2.24, 2.45) is 0 Å². The maximum absolute atomic E-state index is 12.8. The molecular formula is C10H10F3N3O2. The fourth-order valence-electron chi connectivity index (χ4n) is 1.62. The maximum Gasteiger partial charge on any atom is 0.411 e. The van der Waals surface area contributed by atoms with Crippen LogP contribution in [0.1, 0.15) is 18.5 Å². The van der Waals surface area contributed by atoms with Crippen molar-refractivity contribution in [3.63, 3.8) is 0 Å². The van der Waals surface area contributed by atoms with Gasteiger partial charge in [0.05, 0.1) is 4.92 Å². The number of aryl methyl sites for hydroxylation is 1. The monoisotopic (exact) mass is 261 g/mol. The lowest BCUT2D eigenvalue weighted by molar-refractivity contribution is -0.384. The van der Waals surface area contributed by atoms with Gasteiger partial charge in [-0.15, -0.1) is 0 Å². The topological polar surface area (TPSA) is 68.1 Å². The summed E-state index contributed by atoms with van der Waals surface area (Å²) in [6, 6.07) is 2.54. The van der Waals surface area contributed by atoms with E-state index in [1.54, 1.807) is 6.92 Å². The van der Waals surface area contributed by atoms with Gasteiger partial charge < -0.3 is 5.32 Å². The van der Waals surface area contributed by atoms with Crippen molar-refractivity contribution in [3.8, 4) is 0 Å². The zero-order valence-corrected chi connectivity index (χ0v) is 9.41. The third-order valence-corrected chi connectivity index (χ3v) is 2.86. The van der Waals surface area contributed by atoms with Crippen LogP contribution in [-0.2, 0) is 0 Å². The Morgan fingerprint density at radius 3 is 2.50 bits per heavy atom. The molecule has 1 aromatic heterocycles. The summed E-state index contributed by atoms with van der Waals surface area (Å²) < 4.78 is 38.3. The molecule has 8 heteroatoms. The zero-order chi connectivity index (χ0) is 13.6. The Labute approximate surface area is 100 Å². The number of nitrogens with one attached hydrogen (secondary N) is 1. The van der Waals surface area contributed by atoms with Crippen LogP contribution < -0.4 is 5.32 Å². The minimum absolute atomic E-state index is 0.0940. The standard InChI is InChI=1S/C10H10F3N3O2/c1-6-2-3-7(16(17)18)8(14-6)15-9(4-5-9)10(11,12)13/h2-3H,4-5H2,1H3,(H,14,15). The number of hydrogen-bond acceptors (Lipinski definition) is 4. The fourth-order valence-corrected chi connectivity index (χ4v) is 1.62. The van der Waals surface area contributed by atoms with Crippen LogP contribution in [0, 0.1) is 17.0 Å². The molecule has 0 aromatic carbocycles. The quantitative estimate of drug-likeness (QED) is 0.671. The van der Waals surface area contributed by atoms with Crippen LogP contribution in [0.4, 0.5) is 24.7 Å². The summed E-state index contributed by atoms with van der Waals surface area (Å²) in [4.78, 5) is 13.8. The van der Waals surface area contributed by atoms with E-state index in [0.717, 1.165) is 6.07 Å². The summed E-state index contributed by atoms with van der Waals surface area (Å²) in [6.45, 7) is 1.56. The first kappa shape index (κ1) is 12.6. The summed E-state index contributed by atoms with van der Waals surface area (Å²) in [5.74, 6) is -0.324. The van der Waals surface area contributed by atoms with E-state index in [0.29, 0.717) is 5.69 Å². The van der Waals surface area contributed by atoms with Crippen molar-refractivity contribution in [1.82, 2.24) is 4.98 Å². The predicted octanol–water partition coefficient (Wildman–Crippen LogP) is 2.81. The summed E-state index contributed by atoms with van der Waals surface area (Å²) in [6.07, 6.45) is -4.63. The third kappa shape index (κ3) is 2.09. The van der Waals surface area contributed by atoms with E-state index in [-0.39, 0.29) is 18.7 Å². The van der Waals surface area contributed by atoms with Crippen LogP contribution in [0.25, 0.3) is 0 Å². The lowest BCUT2D eigenvalue weighted by Gasteiger charge is -2.21. The Morgan fingerprint density at radius 2 is 2.06 bits per heavy atom. The van der Waals surface area contributed by atoms with Gasteiger partial charge in [-0.25, -0.2) is 4.98 Å². The van der Waals surface area contributed by atoms with E-state index in [9.17, 15) is 23.3 Å². The van der Waals surface area contributed by atoms with Crippen molar-refractivity contribution in [2.45, 2.75) is 31.5 Å². The molecule has 5 nitrogen and oxygen atoms in total. The molecule has 98 valence electrons. The second-order valence-corrected chi connectivity index (χ2v) is 4.28. The molecule has 1 fully saturated rings. The highest BCUT2D eigenvalue weighted by molar-refractivity contribution is 5.58. The van der Waals surface area contributed by atoms with E-state index in [1.807, 2.05) is 0 Å². The van der Waals surface area contributed by atoms with Crippen LogP contribution in [0.5, 0.6) is 0 Å². The average Bonchev–Trinajstić information content (AvgIpc) is 2.97. The molecule has 18 heavy (non-hydrogen) atoms. The molecule has 0 saturated heterocycles. The normalized spacial score (nSPS) is 17.3. The molecule has 0 spiro atoms. The highest BCUT2D eigenvalue weighted by Crippen LogP contribution is 2.51. The summed E-state index contributed by atoms with van der Waals surface area (Å²) in [5, 5.41) is 12.9. The SMILES string of the molecule is Cc1ccc([N+](=O)[O-])c(NC2(C(F)(F)F)CC2)n1. The Bertz CT molecular complexity index is 498. The van der Waals surface area contributed by atoms with Gasteiger partial charge in [0.15, 0.2) is 0 Å². The van der Waals surface area contributed by atoms with E-state index in [1.165, 1.54) is 6.07 Å². The van der Waals surface area contributed by atoms with Crippen LogP contribution in [-0.4, -0.2) is 21.6 Å².